The van der Waals surface area contributed by atoms with E-state index in [2.05, 4.69) is 5.32 Å². The Bertz CT molecular complexity index is 600. The lowest BCUT2D eigenvalue weighted by atomic mass is 9.99. The Morgan fingerprint density at radius 2 is 2.25 bits per heavy atom. The van der Waals surface area contributed by atoms with E-state index in [4.69, 9.17) is 0 Å². The minimum absolute atomic E-state index is 0.0977. The van der Waals surface area contributed by atoms with Gasteiger partial charge in [-0.1, -0.05) is 6.92 Å². The van der Waals surface area contributed by atoms with E-state index >= 15 is 0 Å². The van der Waals surface area contributed by atoms with Crippen LogP contribution in [0.3, 0.4) is 0 Å². The number of piperidine rings is 1. The third kappa shape index (κ3) is 4.45. The zero-order valence-corrected chi connectivity index (χ0v) is 14.8. The van der Waals surface area contributed by atoms with Crippen LogP contribution in [0.2, 0.25) is 0 Å². The number of nitrogens with one attached hydrogen (secondary N) is 1. The fourth-order valence-electron chi connectivity index (χ4n) is 3.29. The number of pyridine rings is 1. The Balaban J connectivity index is 2.26. The number of carbonyl (C=O) groups is 1. The average Bonchev–Trinajstić information content (AvgIpc) is 2.58. The molecule has 1 fully saturated rings. The molecule has 1 saturated heterocycles. The predicted octanol–water partition coefficient (Wildman–Crippen LogP) is 1.00. The van der Waals surface area contributed by atoms with Gasteiger partial charge in [-0.05, 0) is 56.8 Å². The lowest BCUT2D eigenvalue weighted by Gasteiger charge is -2.25. The van der Waals surface area contributed by atoms with Crippen molar-refractivity contribution in [2.45, 2.75) is 39.7 Å². The van der Waals surface area contributed by atoms with Crippen molar-refractivity contribution in [3.63, 3.8) is 0 Å². The minimum Gasteiger partial charge on any atom is -0.395 e. The number of aliphatic hydroxyl groups is 1. The van der Waals surface area contributed by atoms with Gasteiger partial charge >= 0.3 is 0 Å². The normalized spacial score (nSPS) is 17.7. The van der Waals surface area contributed by atoms with Crippen LogP contribution in [0.15, 0.2) is 17.1 Å². The van der Waals surface area contributed by atoms with E-state index < -0.39 is 0 Å². The maximum absolute atomic E-state index is 12.9. The molecule has 0 saturated carbocycles. The van der Waals surface area contributed by atoms with Gasteiger partial charge in [-0.2, -0.15) is 0 Å². The number of hydrogen-bond donors (Lipinski definition) is 2. The van der Waals surface area contributed by atoms with Gasteiger partial charge in [0.25, 0.3) is 11.5 Å². The number of aryl methyl sites for hydroxylation is 1. The van der Waals surface area contributed by atoms with Crippen molar-refractivity contribution >= 4 is 5.91 Å². The third-order valence-electron chi connectivity index (χ3n) is 4.59. The summed E-state index contributed by atoms with van der Waals surface area (Å²) in [7, 11) is 0. The van der Waals surface area contributed by atoms with Crippen LogP contribution in [0.25, 0.3) is 0 Å². The van der Waals surface area contributed by atoms with Crippen LogP contribution in [0.1, 0.15) is 42.1 Å². The first-order valence-electron chi connectivity index (χ1n) is 8.89. The van der Waals surface area contributed by atoms with E-state index in [1.807, 2.05) is 13.0 Å². The second-order valence-electron chi connectivity index (χ2n) is 6.56. The van der Waals surface area contributed by atoms with Gasteiger partial charge in [0, 0.05) is 25.8 Å². The fourth-order valence-corrected chi connectivity index (χ4v) is 3.29. The first-order valence-corrected chi connectivity index (χ1v) is 8.89. The van der Waals surface area contributed by atoms with Gasteiger partial charge < -0.3 is 19.9 Å². The molecule has 1 aliphatic rings. The Morgan fingerprint density at radius 3 is 2.88 bits per heavy atom. The van der Waals surface area contributed by atoms with Crippen molar-refractivity contribution in [2.75, 3.05) is 32.8 Å². The van der Waals surface area contributed by atoms with Gasteiger partial charge in [0.1, 0.15) is 5.56 Å². The molecule has 1 amide bonds. The van der Waals surface area contributed by atoms with Crippen LogP contribution in [0, 0.1) is 12.8 Å². The molecule has 1 unspecified atom stereocenters. The second-order valence-corrected chi connectivity index (χ2v) is 6.56. The summed E-state index contributed by atoms with van der Waals surface area (Å²) in [6, 6.07) is 1.84. The fraction of sp³-hybridized carbons (Fsp3) is 0.667. The Hall–Kier alpha value is -1.66. The van der Waals surface area contributed by atoms with Crippen molar-refractivity contribution in [1.82, 2.24) is 14.8 Å². The van der Waals surface area contributed by atoms with Gasteiger partial charge in [0.05, 0.1) is 6.61 Å². The van der Waals surface area contributed by atoms with Crippen LogP contribution in [0.5, 0.6) is 0 Å². The maximum atomic E-state index is 12.9. The summed E-state index contributed by atoms with van der Waals surface area (Å²) in [5, 5.41) is 12.5. The molecule has 0 radical (unpaired) electrons. The highest BCUT2D eigenvalue weighted by atomic mass is 16.3. The highest BCUT2D eigenvalue weighted by Crippen LogP contribution is 2.13. The summed E-state index contributed by atoms with van der Waals surface area (Å²) in [5.41, 5.74) is 0.717. The lowest BCUT2D eigenvalue weighted by molar-refractivity contribution is 0.0718. The number of amides is 1. The first kappa shape index (κ1) is 18.7. The molecular formula is C18H29N3O3. The highest BCUT2D eigenvalue weighted by Gasteiger charge is 2.22. The summed E-state index contributed by atoms with van der Waals surface area (Å²) in [5.74, 6) is 0.149. The van der Waals surface area contributed by atoms with Gasteiger partial charge in [-0.25, -0.2) is 0 Å². The van der Waals surface area contributed by atoms with E-state index in [-0.39, 0.29) is 30.2 Å². The van der Waals surface area contributed by atoms with Crippen LogP contribution >= 0.6 is 0 Å². The summed E-state index contributed by atoms with van der Waals surface area (Å²) in [6.07, 6.45) is 4.81. The lowest BCUT2D eigenvalue weighted by Crippen LogP contribution is -2.40. The summed E-state index contributed by atoms with van der Waals surface area (Å²) in [6.45, 7) is 7.06. The first-order chi connectivity index (χ1) is 11.6. The minimum atomic E-state index is -0.274. The van der Waals surface area contributed by atoms with E-state index in [0.29, 0.717) is 24.6 Å². The Morgan fingerprint density at radius 1 is 1.46 bits per heavy atom. The number of hydrogen-bond acceptors (Lipinski definition) is 4. The Kier molecular flexibility index (Phi) is 6.99. The molecule has 2 heterocycles. The number of aliphatic hydroxyl groups excluding tert-OH is 1. The van der Waals surface area contributed by atoms with Crippen LogP contribution in [-0.4, -0.2) is 53.3 Å². The molecule has 6 nitrogen and oxygen atoms in total. The van der Waals surface area contributed by atoms with Crippen molar-refractivity contribution in [1.29, 1.82) is 0 Å². The summed E-state index contributed by atoms with van der Waals surface area (Å²) < 4.78 is 1.67. The van der Waals surface area contributed by atoms with E-state index in [9.17, 15) is 14.7 Å². The molecule has 0 spiro atoms. The summed E-state index contributed by atoms with van der Waals surface area (Å²) in [4.78, 5) is 27.2. The molecule has 1 aromatic rings. The monoisotopic (exact) mass is 335 g/mol. The molecule has 134 valence electrons. The number of nitrogens with zero attached hydrogens (tertiary/aromatic N) is 2. The molecular weight excluding hydrogens is 306 g/mol. The van der Waals surface area contributed by atoms with Crippen LogP contribution in [-0.2, 0) is 6.54 Å². The SMILES string of the molecule is CCCN(CCO)C(=O)c1c(C)ccn(CC2CCCNC2)c1=O. The largest absolute Gasteiger partial charge is 0.395 e. The zero-order chi connectivity index (χ0) is 17.5. The van der Waals surface area contributed by atoms with Gasteiger partial charge in [0.15, 0.2) is 0 Å². The van der Waals surface area contributed by atoms with Crippen LogP contribution < -0.4 is 10.9 Å². The molecule has 0 aromatic carbocycles. The topological polar surface area (TPSA) is 74.6 Å². The smallest absolute Gasteiger partial charge is 0.263 e. The van der Waals surface area contributed by atoms with E-state index in [1.54, 1.807) is 22.6 Å². The quantitative estimate of drug-likeness (QED) is 0.780. The molecule has 1 aromatic heterocycles. The predicted molar refractivity (Wildman–Crippen MR) is 94.3 cm³/mol. The number of carbonyl (C=O) groups excluding carboxylic acids is 1. The molecule has 2 N–H and O–H groups in total. The zero-order valence-electron chi connectivity index (χ0n) is 14.8. The van der Waals surface area contributed by atoms with Gasteiger partial charge in [-0.15, -0.1) is 0 Å². The molecule has 1 atom stereocenters. The second kappa shape index (κ2) is 8.99. The molecule has 24 heavy (non-hydrogen) atoms. The standard InChI is InChI=1S/C18H29N3O3/c1-3-8-20(10-11-22)17(23)16-14(2)6-9-21(18(16)24)13-15-5-4-7-19-12-15/h6,9,15,19,22H,3-5,7-8,10-13H2,1-2H3. The number of aromatic nitrogens is 1. The van der Waals surface area contributed by atoms with E-state index in [1.165, 1.54) is 0 Å². The highest BCUT2D eigenvalue weighted by molar-refractivity contribution is 5.95. The van der Waals surface area contributed by atoms with Crippen molar-refractivity contribution in [3.8, 4) is 0 Å². The third-order valence-corrected chi connectivity index (χ3v) is 4.59. The van der Waals surface area contributed by atoms with Gasteiger partial charge in [-0.3, -0.25) is 9.59 Å². The molecule has 6 heteroatoms. The molecule has 2 rings (SSSR count). The Labute approximate surface area is 143 Å². The van der Waals surface area contributed by atoms with Crippen molar-refractivity contribution in [3.05, 3.63) is 33.7 Å². The van der Waals surface area contributed by atoms with Gasteiger partial charge in [0.2, 0.25) is 0 Å². The molecule has 0 aliphatic carbocycles. The van der Waals surface area contributed by atoms with Crippen molar-refractivity contribution < 1.29 is 9.90 Å². The number of rotatable bonds is 7. The van der Waals surface area contributed by atoms with Crippen LogP contribution in [0.4, 0.5) is 0 Å². The van der Waals surface area contributed by atoms with Crippen molar-refractivity contribution in [2.24, 2.45) is 5.92 Å². The van der Waals surface area contributed by atoms with E-state index in [0.717, 1.165) is 32.4 Å². The molecule has 0 bridgehead atoms. The molecule has 1 aliphatic heterocycles. The maximum Gasteiger partial charge on any atom is 0.263 e. The summed E-state index contributed by atoms with van der Waals surface area (Å²) >= 11 is 0. The average molecular weight is 335 g/mol.